The molecule has 3 heteroatoms. The maximum atomic E-state index is 5.79. The largest absolute Gasteiger partial charge is 0.497 e. The van der Waals surface area contributed by atoms with E-state index in [1.807, 2.05) is 49.4 Å². The second-order valence-electron chi connectivity index (χ2n) is 4.42. The van der Waals surface area contributed by atoms with Crippen LogP contribution in [0.3, 0.4) is 0 Å². The van der Waals surface area contributed by atoms with E-state index in [4.69, 9.17) is 10.5 Å². The lowest BCUT2D eigenvalue weighted by Crippen LogP contribution is -2.18. The summed E-state index contributed by atoms with van der Waals surface area (Å²) in [6, 6.07) is 14.1. The first-order chi connectivity index (χ1) is 8.69. The number of nitrogens with zero attached hydrogens (tertiary/aromatic N) is 1. The zero-order valence-electron chi connectivity index (χ0n) is 10.8. The zero-order chi connectivity index (χ0) is 13.0. The normalized spacial score (nSPS) is 12.2. The summed E-state index contributed by atoms with van der Waals surface area (Å²) in [4.78, 5) is 4.62. The summed E-state index contributed by atoms with van der Waals surface area (Å²) in [6.45, 7) is 1.99. The van der Waals surface area contributed by atoms with Crippen molar-refractivity contribution in [2.24, 2.45) is 5.73 Å². The summed E-state index contributed by atoms with van der Waals surface area (Å²) < 4.78 is 5.14. The second-order valence-corrected chi connectivity index (χ2v) is 4.42. The number of ether oxygens (including phenoxy) is 1. The number of pyridine rings is 1. The summed E-state index contributed by atoms with van der Waals surface area (Å²) in [5.74, 6) is 0.852. The van der Waals surface area contributed by atoms with Crippen molar-refractivity contribution in [3.8, 4) is 17.0 Å². The Morgan fingerprint density at radius 3 is 2.50 bits per heavy atom. The maximum absolute atomic E-state index is 5.79. The summed E-state index contributed by atoms with van der Waals surface area (Å²) in [6.07, 6.45) is 0.796. The first-order valence-corrected chi connectivity index (χ1v) is 6.05. The standard InChI is InChI=1S/C15H18N2O/c1-11(16)10-13-4-3-5-15(17-13)12-6-8-14(18-2)9-7-12/h3-9,11H,10,16H2,1-2H3. The molecule has 0 aliphatic heterocycles. The van der Waals surface area contributed by atoms with Crippen molar-refractivity contribution in [1.82, 2.24) is 4.98 Å². The van der Waals surface area contributed by atoms with Gasteiger partial charge in [0.25, 0.3) is 0 Å². The highest BCUT2D eigenvalue weighted by Gasteiger charge is 2.03. The molecule has 2 aromatic rings. The summed E-state index contributed by atoms with van der Waals surface area (Å²) in [5.41, 5.74) is 8.87. The van der Waals surface area contributed by atoms with E-state index >= 15 is 0 Å². The lowest BCUT2D eigenvalue weighted by molar-refractivity contribution is 0.415. The Morgan fingerprint density at radius 1 is 1.17 bits per heavy atom. The number of rotatable bonds is 4. The molecule has 0 fully saturated rings. The number of benzene rings is 1. The maximum Gasteiger partial charge on any atom is 0.118 e. The Morgan fingerprint density at radius 2 is 1.89 bits per heavy atom. The Balaban J connectivity index is 2.26. The fourth-order valence-electron chi connectivity index (χ4n) is 1.85. The van der Waals surface area contributed by atoms with E-state index in [1.54, 1.807) is 7.11 Å². The molecule has 1 atom stereocenters. The number of hydrogen-bond acceptors (Lipinski definition) is 3. The fourth-order valence-corrected chi connectivity index (χ4v) is 1.85. The van der Waals surface area contributed by atoms with Gasteiger partial charge in [-0.25, -0.2) is 0 Å². The molecule has 0 saturated carbocycles. The fraction of sp³-hybridized carbons (Fsp3) is 0.267. The Kier molecular flexibility index (Phi) is 3.95. The molecule has 1 aromatic heterocycles. The molecule has 2 N–H and O–H groups in total. The SMILES string of the molecule is COc1ccc(-c2cccc(CC(C)N)n2)cc1. The van der Waals surface area contributed by atoms with Crippen LogP contribution in [0.5, 0.6) is 5.75 Å². The van der Waals surface area contributed by atoms with Gasteiger partial charge in [-0.2, -0.15) is 0 Å². The average molecular weight is 242 g/mol. The monoisotopic (exact) mass is 242 g/mol. The highest BCUT2D eigenvalue weighted by molar-refractivity contribution is 5.60. The van der Waals surface area contributed by atoms with Crippen LogP contribution in [0, 0.1) is 0 Å². The average Bonchev–Trinajstić information content (AvgIpc) is 2.38. The smallest absolute Gasteiger partial charge is 0.118 e. The molecular weight excluding hydrogens is 224 g/mol. The Labute approximate surface area is 108 Å². The van der Waals surface area contributed by atoms with Gasteiger partial charge in [-0.05, 0) is 43.3 Å². The lowest BCUT2D eigenvalue weighted by Gasteiger charge is -2.07. The van der Waals surface area contributed by atoms with Crippen LogP contribution < -0.4 is 10.5 Å². The van der Waals surface area contributed by atoms with Crippen molar-refractivity contribution < 1.29 is 4.74 Å². The van der Waals surface area contributed by atoms with Crippen molar-refractivity contribution in [3.05, 3.63) is 48.2 Å². The van der Waals surface area contributed by atoms with E-state index in [0.717, 1.165) is 29.1 Å². The molecule has 1 aromatic carbocycles. The van der Waals surface area contributed by atoms with E-state index in [9.17, 15) is 0 Å². The number of hydrogen-bond donors (Lipinski definition) is 1. The van der Waals surface area contributed by atoms with Gasteiger partial charge in [0.15, 0.2) is 0 Å². The van der Waals surface area contributed by atoms with Gasteiger partial charge in [0.05, 0.1) is 12.8 Å². The van der Waals surface area contributed by atoms with Gasteiger partial charge in [0, 0.05) is 23.7 Å². The zero-order valence-corrected chi connectivity index (χ0v) is 10.8. The van der Waals surface area contributed by atoms with Crippen LogP contribution in [0.15, 0.2) is 42.5 Å². The second kappa shape index (κ2) is 5.65. The minimum atomic E-state index is 0.128. The van der Waals surface area contributed by atoms with Gasteiger partial charge in [-0.15, -0.1) is 0 Å². The van der Waals surface area contributed by atoms with Crippen molar-refractivity contribution >= 4 is 0 Å². The van der Waals surface area contributed by atoms with Crippen molar-refractivity contribution in [1.29, 1.82) is 0 Å². The molecule has 0 aliphatic rings. The van der Waals surface area contributed by atoms with Gasteiger partial charge in [0.2, 0.25) is 0 Å². The number of methoxy groups -OCH3 is 1. The van der Waals surface area contributed by atoms with E-state index in [2.05, 4.69) is 4.98 Å². The van der Waals surface area contributed by atoms with Crippen LogP contribution in [0.25, 0.3) is 11.3 Å². The van der Waals surface area contributed by atoms with Gasteiger partial charge in [0.1, 0.15) is 5.75 Å². The highest BCUT2D eigenvalue weighted by Crippen LogP contribution is 2.20. The molecule has 1 heterocycles. The quantitative estimate of drug-likeness (QED) is 0.896. The minimum Gasteiger partial charge on any atom is -0.497 e. The Bertz CT molecular complexity index is 506. The van der Waals surface area contributed by atoms with Crippen LogP contribution in [0.2, 0.25) is 0 Å². The number of nitrogens with two attached hydrogens (primary N) is 1. The molecule has 94 valence electrons. The van der Waals surface area contributed by atoms with Crippen LogP contribution >= 0.6 is 0 Å². The first-order valence-electron chi connectivity index (χ1n) is 6.05. The number of aromatic nitrogens is 1. The van der Waals surface area contributed by atoms with E-state index in [1.165, 1.54) is 0 Å². The van der Waals surface area contributed by atoms with Crippen LogP contribution in [0.1, 0.15) is 12.6 Å². The minimum absolute atomic E-state index is 0.128. The molecule has 0 spiro atoms. The van der Waals surface area contributed by atoms with Gasteiger partial charge < -0.3 is 10.5 Å². The summed E-state index contributed by atoms with van der Waals surface area (Å²) in [5, 5.41) is 0. The molecular formula is C15H18N2O. The topological polar surface area (TPSA) is 48.1 Å². The predicted octanol–water partition coefficient (Wildman–Crippen LogP) is 2.65. The third-order valence-corrected chi connectivity index (χ3v) is 2.72. The third-order valence-electron chi connectivity index (χ3n) is 2.72. The van der Waals surface area contributed by atoms with Gasteiger partial charge in [-0.1, -0.05) is 6.07 Å². The molecule has 1 unspecified atom stereocenters. The van der Waals surface area contributed by atoms with Gasteiger partial charge >= 0.3 is 0 Å². The molecule has 18 heavy (non-hydrogen) atoms. The molecule has 0 amide bonds. The lowest BCUT2D eigenvalue weighted by atomic mass is 10.1. The van der Waals surface area contributed by atoms with E-state index < -0.39 is 0 Å². The molecule has 2 rings (SSSR count). The van der Waals surface area contributed by atoms with Crippen molar-refractivity contribution in [2.75, 3.05) is 7.11 Å². The van der Waals surface area contributed by atoms with Crippen LogP contribution in [0.4, 0.5) is 0 Å². The molecule has 0 bridgehead atoms. The van der Waals surface area contributed by atoms with Gasteiger partial charge in [-0.3, -0.25) is 4.98 Å². The predicted molar refractivity (Wildman–Crippen MR) is 73.6 cm³/mol. The van der Waals surface area contributed by atoms with E-state index in [0.29, 0.717) is 0 Å². The van der Waals surface area contributed by atoms with Crippen molar-refractivity contribution in [2.45, 2.75) is 19.4 Å². The van der Waals surface area contributed by atoms with Crippen LogP contribution in [-0.2, 0) is 6.42 Å². The molecule has 0 saturated heterocycles. The molecule has 0 radical (unpaired) electrons. The van der Waals surface area contributed by atoms with Crippen molar-refractivity contribution in [3.63, 3.8) is 0 Å². The summed E-state index contributed by atoms with van der Waals surface area (Å²) in [7, 11) is 1.66. The highest BCUT2D eigenvalue weighted by atomic mass is 16.5. The Hall–Kier alpha value is -1.87. The first kappa shape index (κ1) is 12.6. The van der Waals surface area contributed by atoms with Crippen LogP contribution in [-0.4, -0.2) is 18.1 Å². The van der Waals surface area contributed by atoms with E-state index in [-0.39, 0.29) is 6.04 Å². The summed E-state index contributed by atoms with van der Waals surface area (Å²) >= 11 is 0. The third kappa shape index (κ3) is 3.08. The molecule has 0 aliphatic carbocycles. The molecule has 3 nitrogen and oxygen atoms in total.